The van der Waals surface area contributed by atoms with Crippen LogP contribution < -0.4 is 35.9 Å². The van der Waals surface area contributed by atoms with Crippen LogP contribution in [0.25, 0.3) is 11.2 Å². The van der Waals surface area contributed by atoms with E-state index < -0.39 is 80.3 Å². The molecule has 0 spiro atoms. The van der Waals surface area contributed by atoms with Crippen LogP contribution in [0.1, 0.15) is 57.1 Å². The molecule has 28 heteroatoms. The van der Waals surface area contributed by atoms with E-state index in [0.29, 0.717) is 75.0 Å². The number of aromatic nitrogens is 6. The van der Waals surface area contributed by atoms with Gasteiger partial charge in [0.1, 0.15) is 53.3 Å². The van der Waals surface area contributed by atoms with Crippen LogP contribution >= 0.6 is 36.4 Å². The van der Waals surface area contributed by atoms with Crippen molar-refractivity contribution in [1.29, 1.82) is 0 Å². The molecule has 77 heavy (non-hydrogen) atoms. The molecule has 4 N–H and O–H groups in total. The standard InChI is InChI=1S/C49H48FN7O16P2S2/c1-65-33-15-7-31(8-16-33)47(59)70-35-11-3-29(4-12-35)25-76-74(62,63)67-24-38-43(41(50)46(72-38)56-22-21-39(58)55-49(56)61)73-75(64,68-23-37-19-20-40(69-37)57-28-54-42-44(51)52-27-53-45(42)57)77-26-30-5-13-36(14-6-30)71-48(60)32-9-17-34(66-2)18-10-32/h3-18,21-22,27-28,37-38,40-41,43,46H,19-20,23-26H2,1-2H3,(H,62,63)(H2,51,52,53)(H,55,58,61)/t37-,38+,40+,41+,43+,46+,75?/m0/s1. The second kappa shape index (κ2) is 24.3. The lowest BCUT2D eigenvalue weighted by Gasteiger charge is -2.26. The maximum atomic E-state index is 17.0. The number of fused-ring (bicyclic) bond motifs is 1. The van der Waals surface area contributed by atoms with Crippen LogP contribution in [0.2, 0.25) is 0 Å². The van der Waals surface area contributed by atoms with Gasteiger partial charge in [0, 0.05) is 23.8 Å². The van der Waals surface area contributed by atoms with Gasteiger partial charge in [-0.15, -0.1) is 0 Å². The number of halogens is 1. The molecule has 9 rings (SSSR count). The van der Waals surface area contributed by atoms with Crippen molar-refractivity contribution in [2.45, 2.75) is 61.3 Å². The molecule has 0 aliphatic carbocycles. The van der Waals surface area contributed by atoms with Crippen molar-refractivity contribution < 1.29 is 70.0 Å². The Labute approximate surface area is 445 Å². The summed E-state index contributed by atoms with van der Waals surface area (Å²) in [6.07, 6.45) is -4.19. The summed E-state index contributed by atoms with van der Waals surface area (Å²) in [5, 5.41) is 0. The van der Waals surface area contributed by atoms with Crippen molar-refractivity contribution in [3.8, 4) is 23.0 Å². The monoisotopic (exact) mass is 1140 g/mol. The minimum Gasteiger partial charge on any atom is -0.497 e. The van der Waals surface area contributed by atoms with Crippen LogP contribution in [0.4, 0.5) is 10.2 Å². The van der Waals surface area contributed by atoms with E-state index in [1.54, 1.807) is 77.4 Å². The molecule has 7 aromatic rings. The molecule has 2 aliphatic rings. The minimum absolute atomic E-state index is 0.0661. The number of ether oxygens (including phenoxy) is 6. The summed E-state index contributed by atoms with van der Waals surface area (Å²) in [7, 11) is 3.01. The van der Waals surface area contributed by atoms with E-state index in [9.17, 15) is 28.6 Å². The predicted octanol–water partition coefficient (Wildman–Crippen LogP) is 7.82. The van der Waals surface area contributed by atoms with Gasteiger partial charge in [-0.2, -0.15) is 0 Å². The van der Waals surface area contributed by atoms with E-state index in [1.165, 1.54) is 51.1 Å². The molecule has 8 atom stereocenters. The Morgan fingerprint density at radius 3 is 1.92 bits per heavy atom. The van der Waals surface area contributed by atoms with Gasteiger partial charge in [0.25, 0.3) is 5.56 Å². The van der Waals surface area contributed by atoms with Gasteiger partial charge in [-0.05, 0) is 120 Å². The Hall–Kier alpha value is -6.70. The first-order valence-corrected chi connectivity index (χ1v) is 29.7. The number of hydrogen-bond donors (Lipinski definition) is 3. The number of anilines is 1. The molecule has 0 amide bonds. The quantitative estimate of drug-likeness (QED) is 0.0331. The van der Waals surface area contributed by atoms with E-state index in [1.807, 2.05) is 4.98 Å². The molecule has 0 bridgehead atoms. The summed E-state index contributed by atoms with van der Waals surface area (Å²) in [6, 6.07) is 26.1. The second-order valence-electron chi connectivity index (χ2n) is 17.0. The predicted molar refractivity (Wildman–Crippen MR) is 279 cm³/mol. The van der Waals surface area contributed by atoms with Crippen molar-refractivity contribution >= 4 is 65.3 Å². The van der Waals surface area contributed by atoms with Crippen molar-refractivity contribution in [3.05, 3.63) is 165 Å². The zero-order valence-corrected chi connectivity index (χ0v) is 44.1. The molecule has 23 nitrogen and oxygen atoms in total. The number of carbonyl (C=O) groups is 2. The summed E-state index contributed by atoms with van der Waals surface area (Å²) < 4.78 is 99.3. The van der Waals surface area contributed by atoms with E-state index in [2.05, 4.69) is 15.0 Å². The van der Waals surface area contributed by atoms with E-state index in [0.717, 1.165) is 16.8 Å². The number of esters is 2. The first-order chi connectivity index (χ1) is 37.1. The van der Waals surface area contributed by atoms with E-state index >= 15 is 8.96 Å². The molecule has 2 unspecified atom stereocenters. The summed E-state index contributed by atoms with van der Waals surface area (Å²) in [5.74, 6) is 0.369. The van der Waals surface area contributed by atoms with Crippen molar-refractivity contribution in [2.24, 2.45) is 0 Å². The number of alkyl halides is 1. The number of carbonyl (C=O) groups excluding carboxylic acids is 2. The van der Waals surface area contributed by atoms with Crippen LogP contribution in [0.5, 0.6) is 23.0 Å². The molecular weight excluding hydrogens is 1090 g/mol. The number of benzene rings is 4. The summed E-state index contributed by atoms with van der Waals surface area (Å²) in [5.41, 5.74) is 6.65. The molecule has 2 fully saturated rings. The number of H-pyrrole nitrogens is 1. The van der Waals surface area contributed by atoms with Crippen molar-refractivity contribution in [2.75, 3.05) is 33.2 Å². The van der Waals surface area contributed by atoms with Crippen LogP contribution in [-0.4, -0.2) is 97.8 Å². The largest absolute Gasteiger partial charge is 0.497 e. The molecule has 5 heterocycles. The molecule has 2 saturated heterocycles. The maximum absolute atomic E-state index is 17.0. The Kier molecular flexibility index (Phi) is 17.4. The number of hydrogen-bond acceptors (Lipinski definition) is 21. The molecule has 404 valence electrons. The third-order valence-corrected chi connectivity index (χ3v) is 18.6. The molecule has 3 aromatic heterocycles. The highest BCUT2D eigenvalue weighted by atomic mass is 32.7. The summed E-state index contributed by atoms with van der Waals surface area (Å²) in [6.45, 7) is -10.3. The van der Waals surface area contributed by atoms with Gasteiger partial charge < -0.3 is 39.0 Å². The maximum Gasteiger partial charge on any atom is 0.389 e. The molecule has 4 aromatic carbocycles. The highest BCUT2D eigenvalue weighted by Crippen LogP contribution is 2.64. The first kappa shape index (κ1) is 55.1. The van der Waals surface area contributed by atoms with Gasteiger partial charge in [0.15, 0.2) is 23.9 Å². The number of imidazole rings is 1. The number of rotatable bonds is 22. The molecule has 0 saturated carbocycles. The average Bonchev–Trinajstić information content (AvgIpc) is 4.18. The second-order valence-corrected chi connectivity index (χ2v) is 25.0. The number of nitrogens with zero attached hydrogens (tertiary/aromatic N) is 5. The fraction of sp³-hybridized carbons (Fsp3) is 0.286. The van der Waals surface area contributed by atoms with Gasteiger partial charge in [-0.25, -0.2) is 42.9 Å². The smallest absolute Gasteiger partial charge is 0.389 e. The lowest BCUT2D eigenvalue weighted by Crippen LogP contribution is -2.36. The summed E-state index contributed by atoms with van der Waals surface area (Å²) in [4.78, 5) is 76.1. The Bertz CT molecular complexity index is 3430. The number of nitrogens with two attached hydrogens (primary N) is 1. The molecule has 0 radical (unpaired) electrons. The third-order valence-electron chi connectivity index (χ3n) is 11.9. The van der Waals surface area contributed by atoms with Crippen LogP contribution in [-0.2, 0) is 43.7 Å². The normalized spacial score (nSPS) is 20.8. The first-order valence-electron chi connectivity index (χ1n) is 23.3. The van der Waals surface area contributed by atoms with Crippen molar-refractivity contribution in [3.63, 3.8) is 0 Å². The van der Waals surface area contributed by atoms with Crippen LogP contribution in [0, 0.1) is 0 Å². The number of nitrogens with one attached hydrogen (secondary N) is 1. The van der Waals surface area contributed by atoms with Crippen LogP contribution in [0.3, 0.4) is 0 Å². The topological polar surface area (TPSA) is 296 Å². The zero-order chi connectivity index (χ0) is 54.3. The highest BCUT2D eigenvalue weighted by molar-refractivity contribution is 8.54. The number of aromatic amines is 1. The van der Waals surface area contributed by atoms with Crippen LogP contribution in [0.15, 0.2) is 132 Å². The fourth-order valence-electron chi connectivity index (χ4n) is 7.93. The molecular formula is C49H48FN7O16P2S2. The fourth-order valence-corrected chi connectivity index (χ4v) is 13.6. The Balaban J connectivity index is 0.901. The lowest BCUT2D eigenvalue weighted by atomic mass is 10.1. The van der Waals surface area contributed by atoms with Gasteiger partial charge in [0.2, 0.25) is 0 Å². The van der Waals surface area contributed by atoms with Crippen molar-refractivity contribution in [1.82, 2.24) is 29.1 Å². The minimum atomic E-state index is -4.59. The third kappa shape index (κ3) is 13.7. The highest BCUT2D eigenvalue weighted by Gasteiger charge is 2.51. The lowest BCUT2D eigenvalue weighted by molar-refractivity contribution is -0.0449. The Morgan fingerprint density at radius 1 is 0.753 bits per heavy atom. The zero-order valence-electron chi connectivity index (χ0n) is 40.7. The van der Waals surface area contributed by atoms with Gasteiger partial charge >= 0.3 is 31.2 Å². The molecule has 2 aliphatic heterocycles. The van der Waals surface area contributed by atoms with Gasteiger partial charge in [0.05, 0.1) is 51.0 Å². The van der Waals surface area contributed by atoms with E-state index in [-0.39, 0.29) is 41.0 Å². The van der Waals surface area contributed by atoms with Gasteiger partial charge in [-0.3, -0.25) is 32.5 Å². The SMILES string of the molecule is COc1ccc(C(=O)Oc2ccc(CSP(=O)(O)OC[C@H]3O[C@@H](n4ccc(=O)[nH]c4=O)[C@H](F)[C@@H]3OP(=O)(OC[C@@H]3CC[C@H](n4cnc5c(N)ncnc54)O3)SCc3ccc(OC(=O)c4ccc(OC)cc4)cc3)cc2)cc1. The average molecular weight is 1140 g/mol. The summed E-state index contributed by atoms with van der Waals surface area (Å²) >= 11 is 1.20. The van der Waals surface area contributed by atoms with Gasteiger partial charge in [-0.1, -0.05) is 24.3 Å². The number of nitrogen functional groups attached to an aromatic ring is 1. The number of methoxy groups -OCH3 is 2. The van der Waals surface area contributed by atoms with E-state index in [4.69, 9.17) is 47.7 Å². The Morgan fingerprint density at radius 2 is 1.34 bits per heavy atom.